The van der Waals surface area contributed by atoms with Crippen molar-refractivity contribution in [3.8, 4) is 5.75 Å². The zero-order chi connectivity index (χ0) is 14.4. The van der Waals surface area contributed by atoms with Gasteiger partial charge >= 0.3 is 6.03 Å². The number of nitrogens with zero attached hydrogens (tertiary/aromatic N) is 1. The van der Waals surface area contributed by atoms with Crippen molar-refractivity contribution in [2.75, 3.05) is 31.7 Å². The first-order chi connectivity index (χ1) is 9.76. The molecule has 0 unspecified atom stereocenters. The van der Waals surface area contributed by atoms with Gasteiger partial charge in [-0.25, -0.2) is 4.79 Å². The third-order valence-corrected chi connectivity index (χ3v) is 4.39. The van der Waals surface area contributed by atoms with E-state index in [1.54, 1.807) is 7.11 Å². The molecule has 0 saturated carbocycles. The lowest BCUT2D eigenvalue weighted by Crippen LogP contribution is -2.50. The Balaban J connectivity index is 1.88. The Labute approximate surface area is 124 Å². The van der Waals surface area contributed by atoms with Gasteiger partial charge in [0.25, 0.3) is 0 Å². The quantitative estimate of drug-likeness (QED) is 0.820. The largest absolute Gasteiger partial charge is 0.497 e. The summed E-state index contributed by atoms with van der Waals surface area (Å²) in [5.74, 6) is 2.90. The van der Waals surface area contributed by atoms with Gasteiger partial charge in [0.2, 0.25) is 0 Å². The van der Waals surface area contributed by atoms with Gasteiger partial charge in [-0.1, -0.05) is 19.1 Å². The molecule has 1 saturated heterocycles. The minimum atomic E-state index is 0.0424. The average Bonchev–Trinajstić information content (AvgIpc) is 2.43. The molecule has 4 nitrogen and oxygen atoms in total. The number of amides is 2. The third-order valence-electron chi connectivity index (χ3n) is 3.49. The molecule has 0 radical (unpaired) electrons. The summed E-state index contributed by atoms with van der Waals surface area (Å²) < 4.78 is 5.24. The Kier molecular flexibility index (Phi) is 5.59. The summed E-state index contributed by atoms with van der Waals surface area (Å²) >= 11 is 1.84. The van der Waals surface area contributed by atoms with Crippen LogP contribution in [-0.2, 0) is 0 Å². The van der Waals surface area contributed by atoms with Crippen molar-refractivity contribution in [2.45, 2.75) is 19.4 Å². The minimum Gasteiger partial charge on any atom is -0.497 e. The molecule has 0 aliphatic carbocycles. The zero-order valence-corrected chi connectivity index (χ0v) is 12.9. The van der Waals surface area contributed by atoms with E-state index in [1.807, 2.05) is 34.9 Å². The number of methoxy groups -OCH3 is 1. The van der Waals surface area contributed by atoms with E-state index in [-0.39, 0.29) is 12.1 Å². The molecule has 1 aliphatic heterocycles. The van der Waals surface area contributed by atoms with Gasteiger partial charge in [-0.3, -0.25) is 0 Å². The second-order valence-electron chi connectivity index (χ2n) is 4.70. The molecule has 5 heteroatoms. The van der Waals surface area contributed by atoms with E-state index in [0.717, 1.165) is 42.3 Å². The normalized spacial score (nSPS) is 17.5. The summed E-state index contributed by atoms with van der Waals surface area (Å²) in [6.07, 6.45) is 1.02. The summed E-state index contributed by atoms with van der Waals surface area (Å²) in [5, 5.41) is 2.98. The number of hydrogen-bond acceptors (Lipinski definition) is 3. The van der Waals surface area contributed by atoms with E-state index in [2.05, 4.69) is 18.3 Å². The molecule has 20 heavy (non-hydrogen) atoms. The van der Waals surface area contributed by atoms with E-state index in [1.165, 1.54) is 0 Å². The van der Waals surface area contributed by atoms with Gasteiger partial charge in [-0.15, -0.1) is 0 Å². The Morgan fingerprint density at radius 2 is 2.40 bits per heavy atom. The summed E-state index contributed by atoms with van der Waals surface area (Å²) in [4.78, 5) is 14.0. The first kappa shape index (κ1) is 15.0. The van der Waals surface area contributed by atoms with E-state index >= 15 is 0 Å². The molecular weight excluding hydrogens is 272 g/mol. The van der Waals surface area contributed by atoms with Crippen molar-refractivity contribution in [3.05, 3.63) is 29.8 Å². The van der Waals surface area contributed by atoms with Crippen LogP contribution >= 0.6 is 11.8 Å². The first-order valence-corrected chi connectivity index (χ1v) is 8.18. The molecule has 1 fully saturated rings. The molecule has 1 aromatic rings. The smallest absolute Gasteiger partial charge is 0.317 e. The summed E-state index contributed by atoms with van der Waals surface area (Å²) in [6, 6.07) is 8.19. The van der Waals surface area contributed by atoms with Gasteiger partial charge in [0.1, 0.15) is 5.75 Å². The van der Waals surface area contributed by atoms with E-state index in [9.17, 15) is 4.79 Å². The van der Waals surface area contributed by atoms with Crippen molar-refractivity contribution >= 4 is 17.8 Å². The molecule has 1 aromatic carbocycles. The van der Waals surface area contributed by atoms with Crippen LogP contribution in [0.3, 0.4) is 0 Å². The highest BCUT2D eigenvalue weighted by atomic mass is 32.2. The summed E-state index contributed by atoms with van der Waals surface area (Å²) in [6.45, 7) is 3.69. The predicted molar refractivity (Wildman–Crippen MR) is 83.5 cm³/mol. The molecule has 2 rings (SSSR count). The number of thioether (sulfide) groups is 1. The maximum Gasteiger partial charge on any atom is 0.317 e. The molecule has 1 atom stereocenters. The number of ether oxygens (including phenoxy) is 1. The SMILES string of the molecule is CCSCCNC(=O)N1CC[C@@H]1c1cccc(OC)c1. The van der Waals surface area contributed by atoms with Crippen LogP contribution < -0.4 is 10.1 Å². The fourth-order valence-electron chi connectivity index (χ4n) is 2.30. The molecule has 0 aromatic heterocycles. The van der Waals surface area contributed by atoms with Crippen LogP contribution in [0.15, 0.2) is 24.3 Å². The summed E-state index contributed by atoms with van der Waals surface area (Å²) in [7, 11) is 1.66. The van der Waals surface area contributed by atoms with Crippen LogP contribution in [0.1, 0.15) is 24.9 Å². The van der Waals surface area contributed by atoms with Crippen molar-refractivity contribution in [1.29, 1.82) is 0 Å². The number of benzene rings is 1. The van der Waals surface area contributed by atoms with Crippen LogP contribution in [0, 0.1) is 0 Å². The molecule has 1 N–H and O–H groups in total. The second-order valence-corrected chi connectivity index (χ2v) is 6.10. The number of rotatable bonds is 6. The number of urea groups is 1. The van der Waals surface area contributed by atoms with Gasteiger partial charge < -0.3 is 15.0 Å². The van der Waals surface area contributed by atoms with Gasteiger partial charge in [0, 0.05) is 18.8 Å². The standard InChI is InChI=1S/C15H22N2O2S/c1-3-20-10-8-16-15(18)17-9-7-14(17)12-5-4-6-13(11-12)19-2/h4-6,11,14H,3,7-10H2,1-2H3,(H,16,18)/t14-/m1/s1. The van der Waals surface area contributed by atoms with Crippen molar-refractivity contribution in [2.24, 2.45) is 0 Å². The number of carbonyl (C=O) groups is 1. The van der Waals surface area contributed by atoms with Crippen LogP contribution in [0.25, 0.3) is 0 Å². The zero-order valence-electron chi connectivity index (χ0n) is 12.1. The molecule has 0 spiro atoms. The number of likely N-dealkylation sites (tertiary alicyclic amines) is 1. The number of carbonyl (C=O) groups excluding carboxylic acids is 1. The Morgan fingerprint density at radius 3 is 3.05 bits per heavy atom. The van der Waals surface area contributed by atoms with E-state index in [4.69, 9.17) is 4.74 Å². The van der Waals surface area contributed by atoms with Gasteiger partial charge in [-0.05, 0) is 29.9 Å². The Morgan fingerprint density at radius 1 is 1.55 bits per heavy atom. The number of hydrogen-bond donors (Lipinski definition) is 1. The minimum absolute atomic E-state index is 0.0424. The maximum absolute atomic E-state index is 12.1. The lowest BCUT2D eigenvalue weighted by atomic mass is 9.95. The predicted octanol–water partition coefficient (Wildman–Crippen LogP) is 2.90. The van der Waals surface area contributed by atoms with Crippen LogP contribution in [0.4, 0.5) is 4.79 Å². The van der Waals surface area contributed by atoms with Crippen molar-refractivity contribution < 1.29 is 9.53 Å². The van der Waals surface area contributed by atoms with Crippen molar-refractivity contribution in [3.63, 3.8) is 0 Å². The molecule has 2 amide bonds. The average molecular weight is 294 g/mol. The lowest BCUT2D eigenvalue weighted by Gasteiger charge is -2.41. The fraction of sp³-hybridized carbons (Fsp3) is 0.533. The molecule has 0 bridgehead atoms. The first-order valence-electron chi connectivity index (χ1n) is 7.02. The van der Waals surface area contributed by atoms with Gasteiger partial charge in [0.05, 0.1) is 13.2 Å². The summed E-state index contributed by atoms with van der Waals surface area (Å²) in [5.41, 5.74) is 1.15. The van der Waals surface area contributed by atoms with E-state index in [0.29, 0.717) is 0 Å². The highest BCUT2D eigenvalue weighted by Gasteiger charge is 2.33. The molecule has 110 valence electrons. The molecule has 1 heterocycles. The molecule has 1 aliphatic rings. The Hall–Kier alpha value is -1.36. The highest BCUT2D eigenvalue weighted by Crippen LogP contribution is 2.34. The maximum atomic E-state index is 12.1. The van der Waals surface area contributed by atoms with Crippen LogP contribution in [-0.4, -0.2) is 42.6 Å². The number of nitrogens with one attached hydrogen (secondary N) is 1. The Bertz CT molecular complexity index is 453. The molecular formula is C15H22N2O2S. The third kappa shape index (κ3) is 3.60. The van der Waals surface area contributed by atoms with Crippen molar-refractivity contribution in [1.82, 2.24) is 10.2 Å². The topological polar surface area (TPSA) is 41.6 Å². The lowest BCUT2D eigenvalue weighted by molar-refractivity contribution is 0.115. The van der Waals surface area contributed by atoms with Crippen LogP contribution in [0.2, 0.25) is 0 Å². The fourth-order valence-corrected chi connectivity index (χ4v) is 2.84. The highest BCUT2D eigenvalue weighted by molar-refractivity contribution is 7.99. The monoisotopic (exact) mass is 294 g/mol. The van der Waals surface area contributed by atoms with Gasteiger partial charge in [0.15, 0.2) is 0 Å². The van der Waals surface area contributed by atoms with Gasteiger partial charge in [-0.2, -0.15) is 11.8 Å². The van der Waals surface area contributed by atoms with E-state index < -0.39 is 0 Å². The van der Waals surface area contributed by atoms with Crippen LogP contribution in [0.5, 0.6) is 5.75 Å². The second kappa shape index (κ2) is 7.43.